The molecule has 0 aliphatic carbocycles. The van der Waals surface area contributed by atoms with E-state index in [-0.39, 0.29) is 5.91 Å². The molecule has 1 N–H and O–H groups in total. The molecule has 0 aliphatic rings. The Morgan fingerprint density at radius 1 is 1.02 bits per heavy atom. The molecule has 3 aromatic carbocycles. The van der Waals surface area contributed by atoms with E-state index < -0.39 is 0 Å². The molecule has 0 saturated heterocycles. The first kappa shape index (κ1) is 24.7. The number of hydrogen-bond acceptors (Lipinski definition) is 4. The van der Waals surface area contributed by atoms with Gasteiger partial charge in [-0.3, -0.25) is 4.79 Å². The van der Waals surface area contributed by atoms with Crippen LogP contribution < -0.4 is 5.32 Å². The van der Waals surface area contributed by atoms with Gasteiger partial charge >= 0.3 is 0 Å². The lowest BCUT2D eigenvalue weighted by Gasteiger charge is -2.09. The number of anilines is 1. The van der Waals surface area contributed by atoms with Crippen LogP contribution in [0.3, 0.4) is 0 Å². The van der Waals surface area contributed by atoms with Crippen molar-refractivity contribution in [2.24, 2.45) is 0 Å². The lowest BCUT2D eigenvalue weighted by molar-refractivity contribution is 0.102. The van der Waals surface area contributed by atoms with Gasteiger partial charge in [0, 0.05) is 46.7 Å². The Morgan fingerprint density at radius 2 is 1.88 bits per heavy atom. The number of nitriles is 1. The highest BCUT2D eigenvalue weighted by Crippen LogP contribution is 2.32. The molecule has 0 unspecified atom stereocenters. The first-order valence-electron chi connectivity index (χ1n) is 12.9. The number of hydrogen-bond donors (Lipinski definition) is 1. The fraction of sp³-hybridized carbons (Fsp3) is 0.0909. The summed E-state index contributed by atoms with van der Waals surface area (Å²) >= 11 is 0. The molecule has 6 aromatic rings. The summed E-state index contributed by atoms with van der Waals surface area (Å²) in [6.07, 6.45) is 5.50. The van der Waals surface area contributed by atoms with Crippen molar-refractivity contribution in [3.05, 3.63) is 119 Å². The molecule has 40 heavy (non-hydrogen) atoms. The topological polar surface area (TPSA) is 88.0 Å². The number of rotatable bonds is 4. The minimum absolute atomic E-state index is 0.208. The van der Waals surface area contributed by atoms with Gasteiger partial charge in [-0.25, -0.2) is 9.50 Å². The van der Waals surface area contributed by atoms with Crippen molar-refractivity contribution >= 4 is 28.1 Å². The number of imidazole rings is 1. The monoisotopic (exact) mass is 520 g/mol. The van der Waals surface area contributed by atoms with Crippen molar-refractivity contribution in [3.63, 3.8) is 0 Å². The lowest BCUT2D eigenvalue weighted by Crippen LogP contribution is -2.12. The highest BCUT2D eigenvalue weighted by molar-refractivity contribution is 6.06. The molecule has 3 heterocycles. The SMILES string of the molecule is CCn1cc(-c2ccc(C#N)cc2)c2ccc(NC(=O)c3ccc(C)c(C#Cc4cnc5cccnn45)c3)cc21. The second kappa shape index (κ2) is 10.2. The van der Waals surface area contributed by atoms with Crippen LogP contribution in [0.1, 0.15) is 39.7 Å². The number of benzene rings is 3. The third-order valence-corrected chi connectivity index (χ3v) is 6.91. The van der Waals surface area contributed by atoms with Crippen LogP contribution >= 0.6 is 0 Å². The summed E-state index contributed by atoms with van der Waals surface area (Å²) in [4.78, 5) is 17.6. The number of carbonyl (C=O) groups excluding carboxylic acids is 1. The zero-order valence-electron chi connectivity index (χ0n) is 22.0. The van der Waals surface area contributed by atoms with Crippen LogP contribution in [-0.2, 0) is 6.54 Å². The molecule has 3 aromatic heterocycles. The van der Waals surface area contributed by atoms with Crippen molar-refractivity contribution in [2.45, 2.75) is 20.4 Å². The summed E-state index contributed by atoms with van der Waals surface area (Å²) in [6.45, 7) is 4.84. The van der Waals surface area contributed by atoms with Crippen LogP contribution in [0.25, 0.3) is 27.7 Å². The van der Waals surface area contributed by atoms with Gasteiger partial charge in [0.1, 0.15) is 5.69 Å². The largest absolute Gasteiger partial charge is 0.347 e. The summed E-state index contributed by atoms with van der Waals surface area (Å²) < 4.78 is 3.85. The first-order valence-corrected chi connectivity index (χ1v) is 12.9. The quantitative estimate of drug-likeness (QED) is 0.280. The summed E-state index contributed by atoms with van der Waals surface area (Å²) in [7, 11) is 0. The zero-order chi connectivity index (χ0) is 27.6. The molecule has 7 heteroatoms. The Bertz CT molecular complexity index is 2010. The molecule has 192 valence electrons. The summed E-state index contributed by atoms with van der Waals surface area (Å²) in [5, 5.41) is 17.6. The van der Waals surface area contributed by atoms with Crippen molar-refractivity contribution in [3.8, 4) is 29.0 Å². The van der Waals surface area contributed by atoms with Crippen LogP contribution in [0.2, 0.25) is 0 Å². The smallest absolute Gasteiger partial charge is 0.255 e. The molecule has 0 spiro atoms. The standard InChI is InChI=1S/C33H24N6O/c1-3-38-21-30(24-10-7-23(19-34)8-11-24)29-15-13-27(18-31(29)38)37-33(40)26-9-6-22(2)25(17-26)12-14-28-20-35-32-5-4-16-36-39(28)32/h4-11,13,15-18,20-21H,3H2,1-2H3,(H,37,40). The predicted octanol–water partition coefficient (Wildman–Crippen LogP) is 6.20. The maximum atomic E-state index is 13.2. The van der Waals surface area contributed by atoms with Crippen molar-refractivity contribution in [1.29, 1.82) is 5.26 Å². The number of aryl methyl sites for hydroxylation is 2. The average Bonchev–Trinajstić information content (AvgIpc) is 3.58. The van der Waals surface area contributed by atoms with Crippen LogP contribution in [0, 0.1) is 30.1 Å². The van der Waals surface area contributed by atoms with Crippen LogP contribution in [0.4, 0.5) is 5.69 Å². The number of nitrogens with zero attached hydrogens (tertiary/aromatic N) is 5. The molecule has 7 nitrogen and oxygen atoms in total. The van der Waals surface area contributed by atoms with Gasteiger partial charge in [0.05, 0.1) is 23.3 Å². The molecule has 0 aliphatic heterocycles. The van der Waals surface area contributed by atoms with Gasteiger partial charge in [-0.15, -0.1) is 0 Å². The Hall–Kier alpha value is -5.66. The van der Waals surface area contributed by atoms with E-state index in [1.807, 2.05) is 79.7 Å². The van der Waals surface area contributed by atoms with E-state index in [1.165, 1.54) is 0 Å². The summed E-state index contributed by atoms with van der Waals surface area (Å²) in [5.41, 5.74) is 8.16. The van der Waals surface area contributed by atoms with E-state index in [9.17, 15) is 4.79 Å². The maximum absolute atomic E-state index is 13.2. The number of nitrogens with one attached hydrogen (secondary N) is 1. The lowest BCUT2D eigenvalue weighted by atomic mass is 10.0. The van der Waals surface area contributed by atoms with Gasteiger partial charge in [-0.05, 0) is 79.4 Å². The van der Waals surface area contributed by atoms with E-state index >= 15 is 0 Å². The minimum atomic E-state index is -0.208. The fourth-order valence-corrected chi connectivity index (χ4v) is 4.73. The fourth-order valence-electron chi connectivity index (χ4n) is 4.73. The molecular formula is C33H24N6O. The second-order valence-corrected chi connectivity index (χ2v) is 9.42. The van der Waals surface area contributed by atoms with E-state index in [1.54, 1.807) is 16.9 Å². The Kier molecular flexibility index (Phi) is 6.32. The number of amides is 1. The third kappa shape index (κ3) is 4.57. The molecule has 6 rings (SSSR count). The third-order valence-electron chi connectivity index (χ3n) is 6.91. The van der Waals surface area contributed by atoms with Gasteiger partial charge in [-0.1, -0.05) is 30.2 Å². The van der Waals surface area contributed by atoms with Crippen LogP contribution in [0.5, 0.6) is 0 Å². The Balaban J connectivity index is 1.27. The van der Waals surface area contributed by atoms with Crippen molar-refractivity contribution in [2.75, 3.05) is 5.32 Å². The molecule has 1 amide bonds. The molecule has 0 saturated carbocycles. The highest BCUT2D eigenvalue weighted by atomic mass is 16.1. The Labute approximate surface area is 231 Å². The second-order valence-electron chi connectivity index (χ2n) is 9.42. The van der Waals surface area contributed by atoms with E-state index in [4.69, 9.17) is 5.26 Å². The first-order chi connectivity index (χ1) is 19.5. The normalized spacial score (nSPS) is 10.7. The molecular weight excluding hydrogens is 496 g/mol. The number of carbonyl (C=O) groups is 1. The van der Waals surface area contributed by atoms with E-state index in [0.717, 1.165) is 45.3 Å². The number of fused-ring (bicyclic) bond motifs is 2. The van der Waals surface area contributed by atoms with Crippen molar-refractivity contribution in [1.82, 2.24) is 19.2 Å². The highest BCUT2D eigenvalue weighted by Gasteiger charge is 2.13. The summed E-state index contributed by atoms with van der Waals surface area (Å²) in [6, 6.07) is 24.9. The minimum Gasteiger partial charge on any atom is -0.347 e. The van der Waals surface area contributed by atoms with Gasteiger partial charge in [0.25, 0.3) is 5.91 Å². The van der Waals surface area contributed by atoms with Gasteiger partial charge in [0.2, 0.25) is 0 Å². The molecule has 0 radical (unpaired) electrons. The van der Waals surface area contributed by atoms with E-state index in [2.05, 4.69) is 51.0 Å². The molecule has 0 bridgehead atoms. The zero-order valence-corrected chi connectivity index (χ0v) is 22.0. The molecule has 0 fully saturated rings. The van der Waals surface area contributed by atoms with E-state index in [0.29, 0.717) is 22.5 Å². The maximum Gasteiger partial charge on any atom is 0.255 e. The average molecular weight is 521 g/mol. The number of aromatic nitrogens is 4. The molecule has 0 atom stereocenters. The van der Waals surface area contributed by atoms with Crippen LogP contribution in [0.15, 0.2) is 91.4 Å². The van der Waals surface area contributed by atoms with Gasteiger partial charge < -0.3 is 9.88 Å². The predicted molar refractivity (Wildman–Crippen MR) is 156 cm³/mol. The van der Waals surface area contributed by atoms with Gasteiger partial charge in [0.15, 0.2) is 5.65 Å². The van der Waals surface area contributed by atoms with Crippen molar-refractivity contribution < 1.29 is 4.79 Å². The van der Waals surface area contributed by atoms with Crippen LogP contribution in [-0.4, -0.2) is 25.1 Å². The summed E-state index contributed by atoms with van der Waals surface area (Å²) in [5.74, 6) is 6.10. The Morgan fingerprint density at radius 3 is 2.67 bits per heavy atom. The van der Waals surface area contributed by atoms with Gasteiger partial charge in [-0.2, -0.15) is 10.4 Å².